The van der Waals surface area contributed by atoms with Gasteiger partial charge in [0, 0.05) is 5.92 Å². The number of hydrogen-bond acceptors (Lipinski definition) is 3. The third-order valence-electron chi connectivity index (χ3n) is 4.02. The number of aryl methyl sites for hydroxylation is 1. The molecule has 0 aromatic heterocycles. The van der Waals surface area contributed by atoms with Crippen LogP contribution in [0.4, 0.5) is 0 Å². The number of rotatable bonds is 3. The summed E-state index contributed by atoms with van der Waals surface area (Å²) in [6.45, 7) is 2.84. The third-order valence-corrected chi connectivity index (χ3v) is 4.02. The molecule has 3 heteroatoms. The molecule has 0 saturated carbocycles. The van der Waals surface area contributed by atoms with Crippen LogP contribution in [0.1, 0.15) is 35.1 Å². The minimum absolute atomic E-state index is 0.112. The summed E-state index contributed by atoms with van der Waals surface area (Å²) in [5.74, 6) is 7.16. The number of para-hydroxylation sites is 1. The largest absolute Gasteiger partial charge is 0.493 e. The Kier molecular flexibility index (Phi) is 3.72. The van der Waals surface area contributed by atoms with Crippen LogP contribution in [-0.4, -0.2) is 6.61 Å². The van der Waals surface area contributed by atoms with Gasteiger partial charge in [0.15, 0.2) is 0 Å². The summed E-state index contributed by atoms with van der Waals surface area (Å²) in [6.07, 6.45) is 0.972. The molecule has 0 aliphatic carbocycles. The van der Waals surface area contributed by atoms with Crippen molar-refractivity contribution in [3.05, 3.63) is 65.2 Å². The van der Waals surface area contributed by atoms with E-state index in [2.05, 4.69) is 48.7 Å². The van der Waals surface area contributed by atoms with Crippen LogP contribution < -0.4 is 16.0 Å². The Morgan fingerprint density at radius 2 is 1.90 bits per heavy atom. The number of hydrogen-bond donors (Lipinski definition) is 2. The number of nitrogens with two attached hydrogens (primary N) is 1. The fourth-order valence-electron chi connectivity index (χ4n) is 2.93. The van der Waals surface area contributed by atoms with Gasteiger partial charge in [-0.15, -0.1) is 0 Å². The summed E-state index contributed by atoms with van der Waals surface area (Å²) in [6, 6.07) is 16.9. The van der Waals surface area contributed by atoms with Gasteiger partial charge in [0.25, 0.3) is 0 Å². The standard InChI is InChI=1S/C17H20N2O/c1-12-6-8-13(9-7-12)17(19-18)15-10-11-20-16-5-3-2-4-14(15)16/h2-9,15,17,19H,10-11,18H2,1H3. The van der Waals surface area contributed by atoms with Gasteiger partial charge in [-0.3, -0.25) is 11.3 Å². The molecule has 104 valence electrons. The topological polar surface area (TPSA) is 47.3 Å². The number of ether oxygens (including phenoxy) is 1. The molecular weight excluding hydrogens is 248 g/mol. The molecule has 0 amide bonds. The molecule has 2 unspecified atom stereocenters. The molecule has 0 fully saturated rings. The second kappa shape index (κ2) is 5.65. The quantitative estimate of drug-likeness (QED) is 0.664. The molecule has 3 nitrogen and oxygen atoms in total. The first-order valence-electron chi connectivity index (χ1n) is 7.04. The van der Waals surface area contributed by atoms with Crippen LogP contribution in [0.25, 0.3) is 0 Å². The first kappa shape index (κ1) is 13.2. The van der Waals surface area contributed by atoms with Gasteiger partial charge in [0.05, 0.1) is 12.6 Å². The van der Waals surface area contributed by atoms with Crippen LogP contribution in [-0.2, 0) is 0 Å². The Bertz CT molecular complexity index is 580. The first-order chi connectivity index (χ1) is 9.79. The van der Waals surface area contributed by atoms with Gasteiger partial charge in [-0.05, 0) is 30.5 Å². The van der Waals surface area contributed by atoms with Crippen molar-refractivity contribution in [1.29, 1.82) is 0 Å². The molecule has 1 aliphatic rings. The number of nitrogens with one attached hydrogen (secondary N) is 1. The van der Waals surface area contributed by atoms with E-state index in [1.807, 2.05) is 12.1 Å². The van der Waals surface area contributed by atoms with E-state index in [1.54, 1.807) is 0 Å². The number of hydrazine groups is 1. The van der Waals surface area contributed by atoms with Crippen LogP contribution in [0.15, 0.2) is 48.5 Å². The van der Waals surface area contributed by atoms with Gasteiger partial charge in [-0.25, -0.2) is 0 Å². The highest BCUT2D eigenvalue weighted by Gasteiger charge is 2.29. The summed E-state index contributed by atoms with van der Waals surface area (Å²) in [4.78, 5) is 0. The minimum atomic E-state index is 0.112. The molecule has 2 aromatic carbocycles. The molecule has 20 heavy (non-hydrogen) atoms. The molecular formula is C17H20N2O. The predicted octanol–water partition coefficient (Wildman–Crippen LogP) is 3.07. The van der Waals surface area contributed by atoms with Crippen LogP contribution in [0.2, 0.25) is 0 Å². The lowest BCUT2D eigenvalue weighted by Gasteiger charge is -2.32. The van der Waals surface area contributed by atoms with E-state index in [9.17, 15) is 0 Å². The van der Waals surface area contributed by atoms with Gasteiger partial charge >= 0.3 is 0 Å². The van der Waals surface area contributed by atoms with Gasteiger partial charge in [0.1, 0.15) is 5.75 Å². The summed E-state index contributed by atoms with van der Waals surface area (Å²) < 4.78 is 5.73. The Morgan fingerprint density at radius 3 is 2.65 bits per heavy atom. The predicted molar refractivity (Wildman–Crippen MR) is 80.5 cm³/mol. The summed E-state index contributed by atoms with van der Waals surface area (Å²) >= 11 is 0. The number of fused-ring (bicyclic) bond motifs is 1. The monoisotopic (exact) mass is 268 g/mol. The maximum atomic E-state index is 5.84. The average Bonchev–Trinajstić information content (AvgIpc) is 2.50. The van der Waals surface area contributed by atoms with E-state index >= 15 is 0 Å². The normalized spacial score (nSPS) is 19.0. The Hall–Kier alpha value is -1.84. The van der Waals surface area contributed by atoms with Crippen molar-refractivity contribution in [1.82, 2.24) is 5.43 Å². The summed E-state index contributed by atoms with van der Waals surface area (Å²) in [7, 11) is 0. The van der Waals surface area contributed by atoms with Gasteiger partial charge in [-0.1, -0.05) is 48.0 Å². The molecule has 0 spiro atoms. The van der Waals surface area contributed by atoms with E-state index in [-0.39, 0.29) is 6.04 Å². The van der Waals surface area contributed by atoms with Crippen LogP contribution >= 0.6 is 0 Å². The Balaban J connectivity index is 1.96. The van der Waals surface area contributed by atoms with Crippen molar-refractivity contribution in [3.8, 4) is 5.75 Å². The molecule has 1 heterocycles. The van der Waals surface area contributed by atoms with Gasteiger partial charge < -0.3 is 4.74 Å². The summed E-state index contributed by atoms with van der Waals surface area (Å²) in [5, 5.41) is 0. The van der Waals surface area contributed by atoms with E-state index in [0.717, 1.165) is 18.8 Å². The molecule has 2 atom stereocenters. The number of benzene rings is 2. The third kappa shape index (κ3) is 2.42. The molecule has 2 aromatic rings. The molecule has 3 rings (SSSR count). The highest BCUT2D eigenvalue weighted by atomic mass is 16.5. The molecule has 0 radical (unpaired) electrons. The van der Waals surface area contributed by atoms with Crippen molar-refractivity contribution in [3.63, 3.8) is 0 Å². The Labute approximate surface area is 119 Å². The zero-order valence-electron chi connectivity index (χ0n) is 11.7. The van der Waals surface area contributed by atoms with E-state index < -0.39 is 0 Å². The first-order valence-corrected chi connectivity index (χ1v) is 7.04. The lowest BCUT2D eigenvalue weighted by molar-refractivity contribution is 0.246. The zero-order chi connectivity index (χ0) is 13.9. The smallest absolute Gasteiger partial charge is 0.122 e. The Morgan fingerprint density at radius 1 is 1.15 bits per heavy atom. The molecule has 3 N–H and O–H groups in total. The highest BCUT2D eigenvalue weighted by molar-refractivity contribution is 5.40. The van der Waals surface area contributed by atoms with Gasteiger partial charge in [-0.2, -0.15) is 0 Å². The van der Waals surface area contributed by atoms with Crippen molar-refractivity contribution in [2.24, 2.45) is 5.84 Å². The van der Waals surface area contributed by atoms with E-state index in [4.69, 9.17) is 10.6 Å². The molecule has 0 bridgehead atoms. The highest BCUT2D eigenvalue weighted by Crippen LogP contribution is 2.40. The lowest BCUT2D eigenvalue weighted by atomic mass is 9.83. The average molecular weight is 268 g/mol. The second-order valence-electron chi connectivity index (χ2n) is 5.34. The van der Waals surface area contributed by atoms with Crippen LogP contribution in [0.3, 0.4) is 0 Å². The van der Waals surface area contributed by atoms with Crippen LogP contribution in [0, 0.1) is 6.92 Å². The lowest BCUT2D eigenvalue weighted by Crippen LogP contribution is -2.34. The minimum Gasteiger partial charge on any atom is -0.493 e. The van der Waals surface area contributed by atoms with Gasteiger partial charge in [0.2, 0.25) is 0 Å². The van der Waals surface area contributed by atoms with Crippen molar-refractivity contribution >= 4 is 0 Å². The molecule has 1 aliphatic heterocycles. The van der Waals surface area contributed by atoms with Crippen molar-refractivity contribution < 1.29 is 4.74 Å². The van der Waals surface area contributed by atoms with Crippen molar-refractivity contribution in [2.45, 2.75) is 25.3 Å². The second-order valence-corrected chi connectivity index (χ2v) is 5.34. The maximum absolute atomic E-state index is 5.84. The summed E-state index contributed by atoms with van der Waals surface area (Å²) in [5.41, 5.74) is 6.71. The maximum Gasteiger partial charge on any atom is 0.122 e. The molecule has 0 saturated heterocycles. The zero-order valence-corrected chi connectivity index (χ0v) is 11.7. The fourth-order valence-corrected chi connectivity index (χ4v) is 2.93. The van der Waals surface area contributed by atoms with E-state index in [0.29, 0.717) is 5.92 Å². The van der Waals surface area contributed by atoms with Crippen molar-refractivity contribution in [2.75, 3.05) is 6.61 Å². The van der Waals surface area contributed by atoms with Crippen LogP contribution in [0.5, 0.6) is 5.75 Å². The fraction of sp³-hybridized carbons (Fsp3) is 0.294. The van der Waals surface area contributed by atoms with E-state index in [1.165, 1.54) is 16.7 Å². The SMILES string of the molecule is Cc1ccc(C(NN)C2CCOc3ccccc32)cc1.